The van der Waals surface area contributed by atoms with E-state index < -0.39 is 12.1 Å². The molecule has 1 atom stereocenters. The number of rotatable bonds is 7. The number of halogens is 1. The van der Waals surface area contributed by atoms with E-state index in [2.05, 4.69) is 10.1 Å². The van der Waals surface area contributed by atoms with Crippen molar-refractivity contribution in [2.45, 2.75) is 26.4 Å². The molecular formula is C20H21ClN4O4. The van der Waals surface area contributed by atoms with Gasteiger partial charge in [-0.1, -0.05) is 18.5 Å². The van der Waals surface area contributed by atoms with Crippen LogP contribution in [-0.4, -0.2) is 35.8 Å². The number of hydrogen-bond acceptors (Lipinski definition) is 7. The minimum absolute atomic E-state index is 0.236. The molecule has 2 aromatic carbocycles. The monoisotopic (exact) mass is 416 g/mol. The summed E-state index contributed by atoms with van der Waals surface area (Å²) in [6.07, 6.45) is 0.0485. The summed E-state index contributed by atoms with van der Waals surface area (Å²) in [5.41, 5.74) is 1.52. The van der Waals surface area contributed by atoms with Crippen molar-refractivity contribution in [2.75, 3.05) is 18.6 Å². The molecule has 0 aliphatic heterocycles. The van der Waals surface area contributed by atoms with E-state index >= 15 is 0 Å². The minimum Gasteiger partial charge on any atom is -0.594 e. The van der Waals surface area contributed by atoms with Crippen molar-refractivity contribution in [3.8, 4) is 5.75 Å². The Bertz CT molecular complexity index is 1010. The molecule has 8 nitrogen and oxygen atoms in total. The van der Waals surface area contributed by atoms with E-state index in [0.29, 0.717) is 33.3 Å². The molecule has 3 rings (SSSR count). The van der Waals surface area contributed by atoms with E-state index in [0.717, 1.165) is 12.1 Å². The fourth-order valence-corrected chi connectivity index (χ4v) is 2.75. The molecule has 0 aliphatic rings. The average molecular weight is 417 g/mol. The SMILES string of the molecule is CCCOC(=O)C(C)Oc1ccc(N(C)c2nc3ccc(Cl)cc3[n+]([O-])n2)cc1. The Hall–Kier alpha value is -3.13. The fraction of sp³-hybridized carbons (Fsp3) is 0.300. The maximum Gasteiger partial charge on any atom is 0.347 e. The van der Waals surface area contributed by atoms with E-state index in [1.807, 2.05) is 6.92 Å². The van der Waals surface area contributed by atoms with Crippen molar-refractivity contribution in [3.05, 3.63) is 52.7 Å². The lowest BCUT2D eigenvalue weighted by Gasteiger charge is -2.18. The molecule has 0 saturated heterocycles. The van der Waals surface area contributed by atoms with Crippen molar-refractivity contribution in [1.29, 1.82) is 0 Å². The summed E-state index contributed by atoms with van der Waals surface area (Å²) >= 11 is 5.93. The van der Waals surface area contributed by atoms with Gasteiger partial charge in [-0.25, -0.2) is 9.78 Å². The molecule has 29 heavy (non-hydrogen) atoms. The molecule has 3 aromatic rings. The number of benzene rings is 2. The van der Waals surface area contributed by atoms with Gasteiger partial charge in [-0.15, -0.1) is 0 Å². The predicted octanol–water partition coefficient (Wildman–Crippen LogP) is 3.41. The van der Waals surface area contributed by atoms with E-state index in [9.17, 15) is 10.0 Å². The first kappa shape index (κ1) is 20.6. The van der Waals surface area contributed by atoms with Gasteiger partial charge in [-0.05, 0) is 54.6 Å². The molecule has 0 aliphatic carbocycles. The average Bonchev–Trinajstić information content (AvgIpc) is 2.72. The standard InChI is InChI=1S/C20H21ClN4O4/c1-4-11-28-19(26)13(2)29-16-8-6-15(7-9-16)24(3)20-22-17-10-5-14(21)12-18(17)25(27)23-20/h5-10,12-13H,4,11H2,1-3H3. The lowest BCUT2D eigenvalue weighted by molar-refractivity contribution is -0.641. The van der Waals surface area contributed by atoms with Gasteiger partial charge in [0.15, 0.2) is 6.10 Å². The Morgan fingerprint density at radius 2 is 2.00 bits per heavy atom. The summed E-state index contributed by atoms with van der Waals surface area (Å²) in [6.45, 7) is 3.94. The van der Waals surface area contributed by atoms with Crippen LogP contribution >= 0.6 is 11.6 Å². The largest absolute Gasteiger partial charge is 0.594 e. The van der Waals surface area contributed by atoms with Gasteiger partial charge < -0.3 is 19.6 Å². The second-order valence-corrected chi connectivity index (χ2v) is 6.83. The maximum absolute atomic E-state index is 12.2. The summed E-state index contributed by atoms with van der Waals surface area (Å²) in [5.74, 6) is 0.355. The van der Waals surface area contributed by atoms with Gasteiger partial charge in [0.2, 0.25) is 0 Å². The number of aromatic nitrogens is 3. The van der Waals surface area contributed by atoms with Crippen LogP contribution in [0, 0.1) is 5.21 Å². The second-order valence-electron chi connectivity index (χ2n) is 6.40. The Labute approximate surface area is 173 Å². The topological polar surface area (TPSA) is 91.5 Å². The van der Waals surface area contributed by atoms with Gasteiger partial charge in [0.25, 0.3) is 11.5 Å². The van der Waals surface area contributed by atoms with Gasteiger partial charge in [0.05, 0.1) is 11.7 Å². The second kappa shape index (κ2) is 8.91. The summed E-state index contributed by atoms with van der Waals surface area (Å²) in [4.78, 5) is 18.4. The molecule has 0 amide bonds. The summed E-state index contributed by atoms with van der Waals surface area (Å²) < 4.78 is 10.7. The third-order valence-corrected chi connectivity index (χ3v) is 4.40. The highest BCUT2D eigenvalue weighted by molar-refractivity contribution is 6.31. The van der Waals surface area contributed by atoms with Gasteiger partial charge in [-0.2, -0.15) is 0 Å². The third-order valence-electron chi connectivity index (χ3n) is 4.16. The van der Waals surface area contributed by atoms with E-state index in [4.69, 9.17) is 21.1 Å². The molecule has 0 radical (unpaired) electrons. The van der Waals surface area contributed by atoms with Gasteiger partial charge >= 0.3 is 5.97 Å². The van der Waals surface area contributed by atoms with Crippen molar-refractivity contribution in [1.82, 2.24) is 10.1 Å². The van der Waals surface area contributed by atoms with E-state index in [-0.39, 0.29) is 5.95 Å². The molecule has 0 fully saturated rings. The van der Waals surface area contributed by atoms with Crippen molar-refractivity contribution >= 4 is 40.2 Å². The van der Waals surface area contributed by atoms with Crippen LogP contribution in [-0.2, 0) is 9.53 Å². The number of fused-ring (bicyclic) bond motifs is 1. The van der Waals surface area contributed by atoms with Crippen LogP contribution in [0.5, 0.6) is 5.75 Å². The van der Waals surface area contributed by atoms with Crippen LogP contribution in [0.3, 0.4) is 0 Å². The summed E-state index contributed by atoms with van der Waals surface area (Å²) in [5, 5.41) is 16.6. The molecule has 0 saturated carbocycles. The first-order chi connectivity index (χ1) is 13.9. The molecule has 0 bridgehead atoms. The highest BCUT2D eigenvalue weighted by Gasteiger charge is 2.18. The number of nitrogens with zero attached hydrogens (tertiary/aromatic N) is 4. The number of hydrogen-bond donors (Lipinski definition) is 0. The molecule has 1 heterocycles. The maximum atomic E-state index is 12.2. The molecule has 152 valence electrons. The van der Waals surface area contributed by atoms with Crippen LogP contribution < -0.4 is 14.5 Å². The summed E-state index contributed by atoms with van der Waals surface area (Å²) in [6, 6.07) is 11.9. The lowest BCUT2D eigenvalue weighted by Crippen LogP contribution is -2.34. The zero-order valence-corrected chi connectivity index (χ0v) is 17.1. The highest BCUT2D eigenvalue weighted by atomic mass is 35.5. The molecule has 0 N–H and O–H groups in total. The highest BCUT2D eigenvalue weighted by Crippen LogP contribution is 2.24. The predicted molar refractivity (Wildman–Crippen MR) is 109 cm³/mol. The number of ether oxygens (including phenoxy) is 2. The number of esters is 1. The van der Waals surface area contributed by atoms with Crippen LogP contribution in [0.1, 0.15) is 20.3 Å². The molecular weight excluding hydrogens is 396 g/mol. The van der Waals surface area contributed by atoms with E-state index in [1.165, 1.54) is 6.07 Å². The Morgan fingerprint density at radius 1 is 1.28 bits per heavy atom. The minimum atomic E-state index is -0.708. The smallest absolute Gasteiger partial charge is 0.347 e. The molecule has 1 aromatic heterocycles. The van der Waals surface area contributed by atoms with Crippen LogP contribution in [0.25, 0.3) is 11.0 Å². The summed E-state index contributed by atoms with van der Waals surface area (Å²) in [7, 11) is 1.75. The fourth-order valence-electron chi connectivity index (χ4n) is 2.59. The van der Waals surface area contributed by atoms with Crippen LogP contribution in [0.15, 0.2) is 42.5 Å². The van der Waals surface area contributed by atoms with Crippen LogP contribution in [0.4, 0.5) is 11.6 Å². The normalized spacial score (nSPS) is 11.9. The zero-order valence-electron chi connectivity index (χ0n) is 16.3. The lowest BCUT2D eigenvalue weighted by atomic mass is 10.3. The number of carbonyl (C=O) groups excluding carboxylic acids is 1. The molecule has 9 heteroatoms. The first-order valence-corrected chi connectivity index (χ1v) is 9.51. The van der Waals surface area contributed by atoms with Gasteiger partial charge in [-0.3, -0.25) is 0 Å². The van der Waals surface area contributed by atoms with Gasteiger partial charge in [0.1, 0.15) is 11.3 Å². The number of carbonyl (C=O) groups is 1. The quantitative estimate of drug-likeness (QED) is 0.331. The van der Waals surface area contributed by atoms with Crippen molar-refractivity contribution in [3.63, 3.8) is 0 Å². The Balaban J connectivity index is 1.75. The van der Waals surface area contributed by atoms with Crippen LogP contribution in [0.2, 0.25) is 5.02 Å². The number of anilines is 2. The van der Waals surface area contributed by atoms with Gasteiger partial charge in [0, 0.05) is 23.8 Å². The van der Waals surface area contributed by atoms with Crippen molar-refractivity contribution < 1.29 is 19.1 Å². The zero-order chi connectivity index (χ0) is 21.0. The first-order valence-electron chi connectivity index (χ1n) is 9.13. The van der Waals surface area contributed by atoms with E-state index in [1.54, 1.807) is 55.3 Å². The molecule has 1 unspecified atom stereocenters. The third kappa shape index (κ3) is 4.83. The Kier molecular flexibility index (Phi) is 6.33. The Morgan fingerprint density at radius 3 is 2.69 bits per heavy atom. The van der Waals surface area contributed by atoms with Crippen molar-refractivity contribution in [2.24, 2.45) is 0 Å². The molecule has 0 spiro atoms.